The van der Waals surface area contributed by atoms with Gasteiger partial charge >= 0.3 is 0 Å². The summed E-state index contributed by atoms with van der Waals surface area (Å²) in [5.74, 6) is 0. The Labute approximate surface area is 200 Å². The predicted molar refractivity (Wildman–Crippen MR) is 140 cm³/mol. The monoisotopic (exact) mass is 446 g/mol. The van der Waals surface area contributed by atoms with E-state index in [-0.39, 0.29) is 0 Å². The molecule has 0 radical (unpaired) electrons. The number of fused-ring (bicyclic) bond motifs is 16. The standard InChI is InChI=1S/C31H18N4/c1-2-5-19-17(4-1)14-18-7-8-20-21-9-10-23-22-11-13-32-16-27(22)35-30-26(6-3-12-33-30)34-31(35)29(23)25(21)15-24(20)28(18)19/h1-13,16H,14-15H2. The van der Waals surface area contributed by atoms with Crippen LogP contribution in [0.2, 0.25) is 0 Å². The third-order valence-corrected chi connectivity index (χ3v) is 7.99. The summed E-state index contributed by atoms with van der Waals surface area (Å²) in [7, 11) is 0. The van der Waals surface area contributed by atoms with Crippen molar-refractivity contribution < 1.29 is 0 Å². The molecule has 0 aliphatic heterocycles. The molecule has 9 rings (SSSR count). The minimum absolute atomic E-state index is 0.880. The van der Waals surface area contributed by atoms with Gasteiger partial charge in [-0.15, -0.1) is 0 Å². The van der Waals surface area contributed by atoms with Gasteiger partial charge in [0.05, 0.1) is 11.7 Å². The number of hydrogen-bond donors (Lipinski definition) is 0. The van der Waals surface area contributed by atoms with Crippen LogP contribution in [0, 0.1) is 0 Å². The van der Waals surface area contributed by atoms with E-state index in [4.69, 9.17) is 9.97 Å². The molecule has 0 spiro atoms. The Hall–Kier alpha value is -4.57. The fraction of sp³-hybridized carbons (Fsp3) is 0.0645. The maximum atomic E-state index is 5.11. The summed E-state index contributed by atoms with van der Waals surface area (Å²) >= 11 is 0. The van der Waals surface area contributed by atoms with E-state index in [0.717, 1.165) is 35.2 Å². The Balaban J connectivity index is 1.44. The van der Waals surface area contributed by atoms with Gasteiger partial charge in [-0.25, -0.2) is 9.97 Å². The summed E-state index contributed by atoms with van der Waals surface area (Å²) in [6, 6.07) is 24.3. The van der Waals surface area contributed by atoms with Crippen LogP contribution in [0.4, 0.5) is 0 Å². The molecule has 35 heavy (non-hydrogen) atoms. The minimum Gasteiger partial charge on any atom is -0.274 e. The summed E-state index contributed by atoms with van der Waals surface area (Å²) in [5.41, 5.74) is 15.0. The summed E-state index contributed by atoms with van der Waals surface area (Å²) in [4.78, 5) is 14.3. The van der Waals surface area contributed by atoms with Crippen molar-refractivity contribution in [1.29, 1.82) is 0 Å². The van der Waals surface area contributed by atoms with E-state index in [1.807, 2.05) is 30.7 Å². The lowest BCUT2D eigenvalue weighted by Crippen LogP contribution is -1.96. The number of imidazole rings is 1. The van der Waals surface area contributed by atoms with E-state index in [2.05, 4.69) is 64.0 Å². The van der Waals surface area contributed by atoms with Crippen LogP contribution < -0.4 is 0 Å². The van der Waals surface area contributed by atoms with Crippen LogP contribution in [0.25, 0.3) is 60.7 Å². The van der Waals surface area contributed by atoms with Gasteiger partial charge < -0.3 is 0 Å². The number of hydrogen-bond acceptors (Lipinski definition) is 3. The number of nitrogens with zero attached hydrogens (tertiary/aromatic N) is 4. The van der Waals surface area contributed by atoms with Gasteiger partial charge in [0.25, 0.3) is 0 Å². The first-order valence-electron chi connectivity index (χ1n) is 12.0. The molecule has 0 N–H and O–H groups in total. The third-order valence-electron chi connectivity index (χ3n) is 7.99. The minimum atomic E-state index is 0.880. The largest absolute Gasteiger partial charge is 0.274 e. The number of benzene rings is 3. The lowest BCUT2D eigenvalue weighted by atomic mass is 9.95. The van der Waals surface area contributed by atoms with E-state index in [1.54, 1.807) is 0 Å². The highest BCUT2D eigenvalue weighted by Gasteiger charge is 2.30. The highest BCUT2D eigenvalue weighted by Crippen LogP contribution is 2.50. The van der Waals surface area contributed by atoms with Crippen molar-refractivity contribution in [2.75, 3.05) is 0 Å². The first kappa shape index (κ1) is 17.8. The molecule has 2 aliphatic rings. The summed E-state index contributed by atoms with van der Waals surface area (Å²) < 4.78 is 2.20. The zero-order valence-electron chi connectivity index (χ0n) is 18.8. The van der Waals surface area contributed by atoms with E-state index in [1.165, 1.54) is 60.7 Å². The Morgan fingerprint density at radius 2 is 1.57 bits per heavy atom. The maximum Gasteiger partial charge on any atom is 0.165 e. The van der Waals surface area contributed by atoms with Gasteiger partial charge in [0.15, 0.2) is 5.65 Å². The molecular formula is C31H18N4. The second-order valence-electron chi connectivity index (χ2n) is 9.66. The number of pyridine rings is 3. The molecular weight excluding hydrogens is 428 g/mol. The smallest absolute Gasteiger partial charge is 0.165 e. The van der Waals surface area contributed by atoms with Gasteiger partial charge in [0.1, 0.15) is 11.2 Å². The predicted octanol–water partition coefficient (Wildman–Crippen LogP) is 6.73. The van der Waals surface area contributed by atoms with E-state index in [9.17, 15) is 0 Å². The Bertz CT molecular complexity index is 2070. The molecule has 0 bridgehead atoms. The third kappa shape index (κ3) is 2.11. The summed E-state index contributed by atoms with van der Waals surface area (Å²) in [5, 5.41) is 3.64. The second-order valence-corrected chi connectivity index (χ2v) is 9.66. The molecule has 0 fully saturated rings. The van der Waals surface area contributed by atoms with Crippen LogP contribution in [0.5, 0.6) is 0 Å². The highest BCUT2D eigenvalue weighted by molar-refractivity contribution is 6.16. The molecule has 4 aromatic heterocycles. The van der Waals surface area contributed by atoms with Gasteiger partial charge in [0, 0.05) is 29.6 Å². The van der Waals surface area contributed by atoms with Crippen LogP contribution in [0.3, 0.4) is 0 Å². The molecule has 2 aliphatic carbocycles. The van der Waals surface area contributed by atoms with Crippen LogP contribution >= 0.6 is 0 Å². The fourth-order valence-electron chi connectivity index (χ4n) is 6.58. The maximum absolute atomic E-state index is 5.11. The van der Waals surface area contributed by atoms with Gasteiger partial charge in [0.2, 0.25) is 0 Å². The Morgan fingerprint density at radius 1 is 0.657 bits per heavy atom. The van der Waals surface area contributed by atoms with Crippen LogP contribution in [-0.4, -0.2) is 19.4 Å². The van der Waals surface area contributed by atoms with Crippen LogP contribution in [0.1, 0.15) is 22.3 Å². The van der Waals surface area contributed by atoms with Gasteiger partial charge in [-0.1, -0.05) is 48.5 Å². The molecule has 0 amide bonds. The first-order chi connectivity index (χ1) is 17.4. The van der Waals surface area contributed by atoms with E-state index < -0.39 is 0 Å². The lowest BCUT2D eigenvalue weighted by molar-refractivity contribution is 1.22. The first-order valence-corrected chi connectivity index (χ1v) is 12.0. The van der Waals surface area contributed by atoms with Gasteiger partial charge in [-0.05, 0) is 74.5 Å². The molecule has 0 saturated carbocycles. The fourth-order valence-corrected chi connectivity index (χ4v) is 6.58. The van der Waals surface area contributed by atoms with Crippen molar-refractivity contribution >= 4 is 38.5 Å². The summed E-state index contributed by atoms with van der Waals surface area (Å²) in [6.07, 6.45) is 7.60. The van der Waals surface area contributed by atoms with Crippen molar-refractivity contribution in [3.63, 3.8) is 0 Å². The number of aromatic nitrogens is 4. The van der Waals surface area contributed by atoms with Crippen molar-refractivity contribution in [3.8, 4) is 22.3 Å². The Morgan fingerprint density at radius 3 is 2.57 bits per heavy atom. The lowest BCUT2D eigenvalue weighted by Gasteiger charge is -2.12. The highest BCUT2D eigenvalue weighted by atomic mass is 15.1. The van der Waals surface area contributed by atoms with E-state index in [0.29, 0.717) is 0 Å². The molecule has 3 aromatic carbocycles. The summed E-state index contributed by atoms with van der Waals surface area (Å²) in [6.45, 7) is 0. The molecule has 7 aromatic rings. The van der Waals surface area contributed by atoms with Crippen molar-refractivity contribution in [1.82, 2.24) is 19.4 Å². The van der Waals surface area contributed by atoms with Crippen molar-refractivity contribution in [3.05, 3.63) is 108 Å². The molecule has 0 unspecified atom stereocenters. The Kier molecular flexibility index (Phi) is 3.11. The van der Waals surface area contributed by atoms with Crippen LogP contribution in [-0.2, 0) is 12.8 Å². The topological polar surface area (TPSA) is 43.1 Å². The van der Waals surface area contributed by atoms with E-state index >= 15 is 0 Å². The average Bonchev–Trinajstić information content (AvgIpc) is 3.59. The molecule has 4 nitrogen and oxygen atoms in total. The van der Waals surface area contributed by atoms with Crippen LogP contribution in [0.15, 0.2) is 85.3 Å². The molecule has 0 atom stereocenters. The second kappa shape index (κ2) is 6.10. The molecule has 4 heterocycles. The van der Waals surface area contributed by atoms with Gasteiger partial charge in [-0.3, -0.25) is 9.38 Å². The zero-order chi connectivity index (χ0) is 22.7. The molecule has 162 valence electrons. The quantitative estimate of drug-likeness (QED) is 0.243. The number of rotatable bonds is 0. The molecule has 0 saturated heterocycles. The molecule has 4 heteroatoms. The van der Waals surface area contributed by atoms with Gasteiger partial charge in [-0.2, -0.15) is 0 Å². The SMILES string of the molecule is c1ccc2c(c1)Cc1ccc3c(c1-2)Cc1c-3ccc2c3ccncc3n3c4ncccc4nc3c12. The zero-order valence-corrected chi connectivity index (χ0v) is 18.8. The average molecular weight is 447 g/mol. The van der Waals surface area contributed by atoms with Crippen molar-refractivity contribution in [2.24, 2.45) is 0 Å². The van der Waals surface area contributed by atoms with Crippen molar-refractivity contribution in [2.45, 2.75) is 12.8 Å². The normalized spacial score (nSPS) is 13.5.